The number of benzene rings is 1. The summed E-state index contributed by atoms with van der Waals surface area (Å²) in [6.45, 7) is 0.412. The molecule has 1 N–H and O–H groups in total. The lowest BCUT2D eigenvalue weighted by atomic mass is 10.1. The Hall–Kier alpha value is -2.43. The molecule has 1 aromatic carbocycles. The van der Waals surface area contributed by atoms with Crippen LogP contribution in [0.4, 0.5) is 5.95 Å². The molecule has 20 heavy (non-hydrogen) atoms. The maximum absolute atomic E-state index is 11.8. The van der Waals surface area contributed by atoms with E-state index in [4.69, 9.17) is 0 Å². The fourth-order valence-electron chi connectivity index (χ4n) is 1.73. The van der Waals surface area contributed by atoms with E-state index in [9.17, 15) is 4.79 Å². The molecule has 2 aromatic rings. The van der Waals surface area contributed by atoms with Crippen LogP contribution in [0.2, 0.25) is 0 Å². The van der Waals surface area contributed by atoms with E-state index in [1.165, 1.54) is 0 Å². The van der Waals surface area contributed by atoms with E-state index >= 15 is 0 Å². The van der Waals surface area contributed by atoms with E-state index in [0.29, 0.717) is 18.9 Å². The molecule has 1 heterocycles. The van der Waals surface area contributed by atoms with Gasteiger partial charge in [0.1, 0.15) is 0 Å². The zero-order valence-electron chi connectivity index (χ0n) is 11.7. The van der Waals surface area contributed by atoms with Gasteiger partial charge in [-0.3, -0.25) is 4.79 Å². The van der Waals surface area contributed by atoms with E-state index in [0.717, 1.165) is 11.3 Å². The third kappa shape index (κ3) is 4.05. The zero-order valence-corrected chi connectivity index (χ0v) is 11.7. The Labute approximate surface area is 118 Å². The van der Waals surface area contributed by atoms with Gasteiger partial charge in [-0.15, -0.1) is 0 Å². The Morgan fingerprint density at radius 3 is 2.65 bits per heavy atom. The molecule has 0 aliphatic heterocycles. The first kappa shape index (κ1) is 14.0. The second-order valence-corrected chi connectivity index (χ2v) is 4.68. The van der Waals surface area contributed by atoms with E-state index in [-0.39, 0.29) is 5.91 Å². The topological polar surface area (TPSA) is 58.1 Å². The van der Waals surface area contributed by atoms with Gasteiger partial charge >= 0.3 is 0 Å². The fourth-order valence-corrected chi connectivity index (χ4v) is 1.73. The van der Waals surface area contributed by atoms with E-state index in [2.05, 4.69) is 15.3 Å². The van der Waals surface area contributed by atoms with Crippen LogP contribution in [0.25, 0.3) is 0 Å². The summed E-state index contributed by atoms with van der Waals surface area (Å²) in [6, 6.07) is 11.5. The van der Waals surface area contributed by atoms with E-state index < -0.39 is 0 Å². The number of carbonyl (C=O) groups is 1. The van der Waals surface area contributed by atoms with Crippen molar-refractivity contribution in [1.82, 2.24) is 15.3 Å². The van der Waals surface area contributed by atoms with Crippen molar-refractivity contribution >= 4 is 11.9 Å². The minimum Gasteiger partial charge on any atom is -0.350 e. The number of nitrogens with one attached hydrogen (secondary N) is 1. The van der Waals surface area contributed by atoms with Crippen molar-refractivity contribution in [3.63, 3.8) is 0 Å². The van der Waals surface area contributed by atoms with Gasteiger partial charge in [0.25, 0.3) is 0 Å². The van der Waals surface area contributed by atoms with E-state index in [1.54, 1.807) is 12.3 Å². The summed E-state index contributed by atoms with van der Waals surface area (Å²) in [5.74, 6) is 0.626. The lowest BCUT2D eigenvalue weighted by molar-refractivity contribution is -0.120. The molecule has 0 bridgehead atoms. The summed E-state index contributed by atoms with van der Waals surface area (Å²) in [7, 11) is 3.76. The molecule has 0 aliphatic rings. The molecule has 104 valence electrons. The first-order valence-corrected chi connectivity index (χ1v) is 6.45. The molecule has 0 aliphatic carbocycles. The Morgan fingerprint density at radius 2 is 1.95 bits per heavy atom. The van der Waals surface area contributed by atoms with Crippen LogP contribution in [0.3, 0.4) is 0 Å². The molecule has 2 rings (SSSR count). The molecule has 0 fully saturated rings. The molecule has 0 saturated carbocycles. The van der Waals surface area contributed by atoms with Gasteiger partial charge in [0, 0.05) is 20.3 Å². The van der Waals surface area contributed by atoms with Crippen molar-refractivity contribution in [3.8, 4) is 0 Å². The molecule has 0 atom stereocenters. The highest BCUT2D eigenvalue weighted by Gasteiger charge is 2.05. The molecule has 1 aromatic heterocycles. The molecule has 5 heteroatoms. The maximum atomic E-state index is 11.8. The van der Waals surface area contributed by atoms with Crippen LogP contribution >= 0.6 is 0 Å². The molecule has 5 nitrogen and oxygen atoms in total. The van der Waals surface area contributed by atoms with Crippen LogP contribution in [-0.4, -0.2) is 30.0 Å². The van der Waals surface area contributed by atoms with Crippen molar-refractivity contribution in [1.29, 1.82) is 0 Å². The van der Waals surface area contributed by atoms with Crippen molar-refractivity contribution in [2.75, 3.05) is 19.0 Å². The molecule has 0 unspecified atom stereocenters. The Morgan fingerprint density at radius 1 is 1.20 bits per heavy atom. The first-order valence-electron chi connectivity index (χ1n) is 6.45. The predicted molar refractivity (Wildman–Crippen MR) is 78.4 cm³/mol. The summed E-state index contributed by atoms with van der Waals surface area (Å²) >= 11 is 0. The van der Waals surface area contributed by atoms with Gasteiger partial charge in [0.05, 0.1) is 18.7 Å². The Bertz CT molecular complexity index is 569. The third-order valence-corrected chi connectivity index (χ3v) is 2.77. The molecular formula is C15H18N4O. The van der Waals surface area contributed by atoms with Crippen LogP contribution in [0.5, 0.6) is 0 Å². The quantitative estimate of drug-likeness (QED) is 0.892. The third-order valence-electron chi connectivity index (χ3n) is 2.77. The SMILES string of the molecule is CN(C)c1nccc(CNC(=O)Cc2ccccc2)n1. The smallest absolute Gasteiger partial charge is 0.225 e. The highest BCUT2D eigenvalue weighted by atomic mass is 16.1. The van der Waals surface area contributed by atoms with Gasteiger partial charge in [-0.2, -0.15) is 0 Å². The Balaban J connectivity index is 1.89. The van der Waals surface area contributed by atoms with E-state index in [1.807, 2.05) is 49.3 Å². The van der Waals surface area contributed by atoms with Crippen LogP contribution in [-0.2, 0) is 17.8 Å². The number of hydrogen-bond acceptors (Lipinski definition) is 4. The maximum Gasteiger partial charge on any atom is 0.225 e. The number of nitrogens with zero attached hydrogens (tertiary/aromatic N) is 3. The van der Waals surface area contributed by atoms with Crippen molar-refractivity contribution in [2.45, 2.75) is 13.0 Å². The van der Waals surface area contributed by atoms with Crippen LogP contribution in [0, 0.1) is 0 Å². The van der Waals surface area contributed by atoms with Crippen molar-refractivity contribution in [2.24, 2.45) is 0 Å². The number of amides is 1. The fraction of sp³-hybridized carbons (Fsp3) is 0.267. The monoisotopic (exact) mass is 270 g/mol. The summed E-state index contributed by atoms with van der Waals surface area (Å²) < 4.78 is 0. The Kier molecular flexibility index (Phi) is 4.65. The zero-order chi connectivity index (χ0) is 14.4. The van der Waals surface area contributed by atoms with Crippen molar-refractivity contribution < 1.29 is 4.79 Å². The second kappa shape index (κ2) is 6.65. The van der Waals surface area contributed by atoms with Gasteiger partial charge in [0.2, 0.25) is 11.9 Å². The van der Waals surface area contributed by atoms with Crippen LogP contribution in [0.15, 0.2) is 42.6 Å². The first-order chi connectivity index (χ1) is 9.65. The molecule has 0 radical (unpaired) electrons. The van der Waals surface area contributed by atoms with Gasteiger partial charge in [0.15, 0.2) is 0 Å². The molecular weight excluding hydrogens is 252 g/mol. The number of anilines is 1. The van der Waals surface area contributed by atoms with Crippen molar-refractivity contribution in [3.05, 3.63) is 53.9 Å². The van der Waals surface area contributed by atoms with Crippen LogP contribution in [0.1, 0.15) is 11.3 Å². The van der Waals surface area contributed by atoms with Gasteiger partial charge in [-0.1, -0.05) is 30.3 Å². The second-order valence-electron chi connectivity index (χ2n) is 4.68. The predicted octanol–water partition coefficient (Wildman–Crippen LogP) is 1.40. The number of hydrogen-bond donors (Lipinski definition) is 1. The summed E-state index contributed by atoms with van der Waals surface area (Å²) in [5, 5.41) is 2.87. The lowest BCUT2D eigenvalue weighted by Crippen LogP contribution is -2.25. The average molecular weight is 270 g/mol. The number of carbonyl (C=O) groups excluding carboxylic acids is 1. The van der Waals surface area contributed by atoms with Gasteiger partial charge in [-0.25, -0.2) is 9.97 Å². The molecule has 0 spiro atoms. The minimum absolute atomic E-state index is 0.0128. The van der Waals surface area contributed by atoms with Gasteiger partial charge < -0.3 is 10.2 Å². The standard InChI is InChI=1S/C15H18N4O/c1-19(2)15-16-9-8-13(18-15)11-17-14(20)10-12-6-4-3-5-7-12/h3-9H,10-11H2,1-2H3,(H,17,20). The molecule has 1 amide bonds. The summed E-state index contributed by atoms with van der Waals surface area (Å²) in [5.41, 5.74) is 1.80. The number of rotatable bonds is 5. The summed E-state index contributed by atoms with van der Waals surface area (Å²) in [4.78, 5) is 22.2. The van der Waals surface area contributed by atoms with Gasteiger partial charge in [-0.05, 0) is 11.6 Å². The largest absolute Gasteiger partial charge is 0.350 e. The highest BCUT2D eigenvalue weighted by molar-refractivity contribution is 5.78. The summed E-state index contributed by atoms with van der Waals surface area (Å²) in [6.07, 6.45) is 2.08. The number of aromatic nitrogens is 2. The average Bonchev–Trinajstić information content (AvgIpc) is 2.46. The molecule has 0 saturated heterocycles. The normalized spacial score (nSPS) is 10.1. The minimum atomic E-state index is -0.0128. The van der Waals surface area contributed by atoms with Crippen LogP contribution < -0.4 is 10.2 Å². The lowest BCUT2D eigenvalue weighted by Gasteiger charge is -2.11. The highest BCUT2D eigenvalue weighted by Crippen LogP contribution is 2.04.